The molecular weight excluding hydrogens is 274 g/mol. The number of aliphatic hydroxyl groups excluding tert-OH is 1. The number of hydrogen-bond donors (Lipinski definition) is 2. The molecule has 7 heteroatoms. The van der Waals surface area contributed by atoms with Crippen LogP contribution in [0.15, 0.2) is 42.6 Å². The van der Waals surface area contributed by atoms with Gasteiger partial charge in [0.25, 0.3) is 5.69 Å². The van der Waals surface area contributed by atoms with Crippen molar-refractivity contribution in [3.63, 3.8) is 0 Å². The predicted octanol–water partition coefficient (Wildman–Crippen LogP) is 1.66. The van der Waals surface area contributed by atoms with E-state index in [2.05, 4.69) is 10.3 Å². The van der Waals surface area contributed by atoms with Crippen LogP contribution in [-0.4, -0.2) is 20.9 Å². The van der Waals surface area contributed by atoms with Gasteiger partial charge in [0.1, 0.15) is 5.82 Å². The molecule has 0 aliphatic rings. The summed E-state index contributed by atoms with van der Waals surface area (Å²) in [5, 5.41) is 22.3. The van der Waals surface area contributed by atoms with Crippen LogP contribution in [0.5, 0.6) is 0 Å². The molecule has 0 unspecified atom stereocenters. The van der Waals surface area contributed by atoms with Gasteiger partial charge in [-0.3, -0.25) is 14.9 Å². The number of carbonyl (C=O) groups excluding carboxylic acids is 1. The normalized spacial score (nSPS) is 10.1. The molecule has 7 nitrogen and oxygen atoms in total. The number of aliphatic hydroxyl groups is 1. The van der Waals surface area contributed by atoms with E-state index in [-0.39, 0.29) is 18.7 Å². The second-order valence-electron chi connectivity index (χ2n) is 4.32. The highest BCUT2D eigenvalue weighted by Gasteiger charge is 2.15. The van der Waals surface area contributed by atoms with Crippen LogP contribution in [-0.2, 0) is 17.8 Å². The lowest BCUT2D eigenvalue weighted by atomic mass is 10.1. The number of hydrogen-bond acceptors (Lipinski definition) is 5. The Bertz CT molecular complexity index is 656. The zero-order valence-corrected chi connectivity index (χ0v) is 11.0. The summed E-state index contributed by atoms with van der Waals surface area (Å²) >= 11 is 0. The van der Waals surface area contributed by atoms with Crippen molar-refractivity contribution in [3.05, 3.63) is 63.8 Å². The van der Waals surface area contributed by atoms with Crippen molar-refractivity contribution in [1.82, 2.24) is 4.98 Å². The molecule has 0 saturated heterocycles. The summed E-state index contributed by atoms with van der Waals surface area (Å²) in [5.74, 6) is -0.0654. The van der Waals surface area contributed by atoms with E-state index in [9.17, 15) is 14.9 Å². The number of benzene rings is 1. The first-order valence-electron chi connectivity index (χ1n) is 6.18. The summed E-state index contributed by atoms with van der Waals surface area (Å²) in [7, 11) is 0. The maximum absolute atomic E-state index is 11.9. The third kappa shape index (κ3) is 3.83. The Hall–Kier alpha value is -2.80. The molecule has 1 heterocycles. The largest absolute Gasteiger partial charge is 0.392 e. The van der Waals surface area contributed by atoms with E-state index in [4.69, 9.17) is 5.11 Å². The fourth-order valence-corrected chi connectivity index (χ4v) is 1.79. The van der Waals surface area contributed by atoms with Crippen molar-refractivity contribution in [2.45, 2.75) is 13.0 Å². The SMILES string of the molecule is O=C(Cc1ccccc1[N+](=O)[O-])Nc1ccc(CO)cn1. The Kier molecular flexibility index (Phi) is 4.57. The van der Waals surface area contributed by atoms with Gasteiger partial charge in [-0.15, -0.1) is 0 Å². The maximum Gasteiger partial charge on any atom is 0.273 e. The summed E-state index contributed by atoms with van der Waals surface area (Å²) < 4.78 is 0. The molecule has 0 radical (unpaired) electrons. The van der Waals surface area contributed by atoms with Gasteiger partial charge in [-0.25, -0.2) is 4.98 Å². The number of pyridine rings is 1. The van der Waals surface area contributed by atoms with Crippen molar-refractivity contribution in [2.75, 3.05) is 5.32 Å². The minimum atomic E-state index is -0.517. The molecule has 0 spiro atoms. The van der Waals surface area contributed by atoms with E-state index >= 15 is 0 Å². The van der Waals surface area contributed by atoms with Crippen LogP contribution < -0.4 is 5.32 Å². The van der Waals surface area contributed by atoms with E-state index in [1.807, 2.05) is 0 Å². The smallest absolute Gasteiger partial charge is 0.273 e. The van der Waals surface area contributed by atoms with Gasteiger partial charge in [-0.1, -0.05) is 24.3 Å². The predicted molar refractivity (Wildman–Crippen MR) is 75.6 cm³/mol. The first-order chi connectivity index (χ1) is 10.1. The third-order valence-electron chi connectivity index (χ3n) is 2.81. The summed E-state index contributed by atoms with van der Waals surface area (Å²) in [6.45, 7) is -0.128. The van der Waals surface area contributed by atoms with Crippen molar-refractivity contribution >= 4 is 17.4 Å². The summed E-state index contributed by atoms with van der Waals surface area (Å²) in [5.41, 5.74) is 0.884. The van der Waals surface area contributed by atoms with E-state index in [1.54, 1.807) is 30.3 Å². The van der Waals surface area contributed by atoms with Gasteiger partial charge in [0.2, 0.25) is 5.91 Å². The molecule has 0 saturated carbocycles. The second-order valence-corrected chi connectivity index (χ2v) is 4.32. The van der Waals surface area contributed by atoms with Crippen LogP contribution >= 0.6 is 0 Å². The summed E-state index contributed by atoms with van der Waals surface area (Å²) in [6.07, 6.45) is 1.33. The highest BCUT2D eigenvalue weighted by atomic mass is 16.6. The van der Waals surface area contributed by atoms with E-state index in [0.717, 1.165) is 0 Å². The number of amides is 1. The maximum atomic E-state index is 11.9. The standard InChI is InChI=1S/C14H13N3O4/c18-9-10-5-6-13(15-8-10)16-14(19)7-11-3-1-2-4-12(11)17(20)21/h1-6,8,18H,7,9H2,(H,15,16,19). The quantitative estimate of drug-likeness (QED) is 0.642. The average molecular weight is 287 g/mol. The van der Waals surface area contributed by atoms with Crippen molar-refractivity contribution in [2.24, 2.45) is 0 Å². The molecule has 108 valence electrons. The minimum absolute atomic E-state index is 0.0868. The molecule has 0 aliphatic heterocycles. The van der Waals surface area contributed by atoms with E-state index < -0.39 is 10.8 Å². The van der Waals surface area contributed by atoms with Crippen LogP contribution in [0.3, 0.4) is 0 Å². The van der Waals surface area contributed by atoms with E-state index in [1.165, 1.54) is 12.3 Å². The molecule has 0 atom stereocenters. The Labute approximate surface area is 120 Å². The Morgan fingerprint density at radius 3 is 2.67 bits per heavy atom. The number of nitrogens with one attached hydrogen (secondary N) is 1. The van der Waals surface area contributed by atoms with Gasteiger partial charge in [0, 0.05) is 17.8 Å². The molecule has 0 aliphatic carbocycles. The minimum Gasteiger partial charge on any atom is -0.392 e. The summed E-state index contributed by atoms with van der Waals surface area (Å²) in [4.78, 5) is 26.2. The number of nitro benzene ring substituents is 1. The van der Waals surface area contributed by atoms with Crippen LogP contribution in [0.1, 0.15) is 11.1 Å². The van der Waals surface area contributed by atoms with Gasteiger partial charge in [0.05, 0.1) is 18.0 Å². The number of aromatic nitrogens is 1. The average Bonchev–Trinajstić information content (AvgIpc) is 2.48. The number of para-hydroxylation sites is 1. The molecule has 0 bridgehead atoms. The van der Waals surface area contributed by atoms with Crippen molar-refractivity contribution in [3.8, 4) is 0 Å². The zero-order chi connectivity index (χ0) is 15.2. The Morgan fingerprint density at radius 1 is 1.29 bits per heavy atom. The number of anilines is 1. The van der Waals surface area contributed by atoms with Crippen molar-refractivity contribution < 1.29 is 14.8 Å². The van der Waals surface area contributed by atoms with Crippen molar-refractivity contribution in [1.29, 1.82) is 0 Å². The highest BCUT2D eigenvalue weighted by molar-refractivity contribution is 5.91. The van der Waals surface area contributed by atoms with Crippen LogP contribution in [0.2, 0.25) is 0 Å². The number of nitrogens with zero attached hydrogens (tertiary/aromatic N) is 2. The first-order valence-corrected chi connectivity index (χ1v) is 6.18. The number of nitro groups is 1. The van der Waals surface area contributed by atoms with Gasteiger partial charge < -0.3 is 10.4 Å². The molecule has 1 aromatic carbocycles. The molecular formula is C14H13N3O4. The molecule has 1 aromatic heterocycles. The number of carbonyl (C=O) groups is 1. The molecule has 2 N–H and O–H groups in total. The number of rotatable bonds is 5. The summed E-state index contributed by atoms with van der Waals surface area (Å²) in [6, 6.07) is 9.28. The molecule has 1 amide bonds. The fourth-order valence-electron chi connectivity index (χ4n) is 1.79. The second kappa shape index (κ2) is 6.58. The first kappa shape index (κ1) is 14.6. The molecule has 21 heavy (non-hydrogen) atoms. The van der Waals surface area contributed by atoms with Gasteiger partial charge in [-0.2, -0.15) is 0 Å². The fraction of sp³-hybridized carbons (Fsp3) is 0.143. The lowest BCUT2D eigenvalue weighted by Crippen LogP contribution is -2.16. The Balaban J connectivity index is 2.06. The highest BCUT2D eigenvalue weighted by Crippen LogP contribution is 2.18. The molecule has 2 rings (SSSR count). The lowest BCUT2D eigenvalue weighted by Gasteiger charge is -2.05. The topological polar surface area (TPSA) is 105 Å². The van der Waals surface area contributed by atoms with E-state index in [0.29, 0.717) is 16.9 Å². The Morgan fingerprint density at radius 2 is 2.05 bits per heavy atom. The van der Waals surface area contributed by atoms with Crippen LogP contribution in [0.4, 0.5) is 11.5 Å². The van der Waals surface area contributed by atoms with Gasteiger partial charge >= 0.3 is 0 Å². The van der Waals surface area contributed by atoms with Gasteiger partial charge in [-0.05, 0) is 11.6 Å². The lowest BCUT2D eigenvalue weighted by molar-refractivity contribution is -0.385. The van der Waals surface area contributed by atoms with Gasteiger partial charge in [0.15, 0.2) is 0 Å². The molecule has 2 aromatic rings. The third-order valence-corrected chi connectivity index (χ3v) is 2.81. The van der Waals surface area contributed by atoms with Crippen LogP contribution in [0.25, 0.3) is 0 Å². The monoisotopic (exact) mass is 287 g/mol. The van der Waals surface area contributed by atoms with Crippen LogP contribution in [0, 0.1) is 10.1 Å². The zero-order valence-electron chi connectivity index (χ0n) is 11.0. The molecule has 0 fully saturated rings.